The number of amides is 1. The van der Waals surface area contributed by atoms with Crippen LogP contribution in [0.2, 0.25) is 0 Å². The second-order valence-corrected chi connectivity index (χ2v) is 9.10. The highest BCUT2D eigenvalue weighted by Crippen LogP contribution is 2.26. The summed E-state index contributed by atoms with van der Waals surface area (Å²) in [7, 11) is 1.86. The van der Waals surface area contributed by atoms with Gasteiger partial charge in [-0.15, -0.1) is 11.3 Å². The van der Waals surface area contributed by atoms with E-state index in [9.17, 15) is 4.79 Å². The van der Waals surface area contributed by atoms with Gasteiger partial charge in [-0.2, -0.15) is 0 Å². The Morgan fingerprint density at radius 3 is 2.47 bits per heavy atom. The van der Waals surface area contributed by atoms with Crippen molar-refractivity contribution in [3.05, 3.63) is 65.2 Å². The smallest absolute Gasteiger partial charge is 0.228 e. The van der Waals surface area contributed by atoms with Gasteiger partial charge in [-0.1, -0.05) is 12.1 Å². The SMILES string of the molecule is CCOc1ccc(-c2nc(CC(=O)N(C)Cc3ccc(N4CCCCC4)cc3)cs2)cc1. The summed E-state index contributed by atoms with van der Waals surface area (Å²) >= 11 is 1.57. The molecule has 1 fully saturated rings. The standard InChI is InChI=1S/C26H31N3O2S/c1-3-31-24-13-9-21(10-14-24)26-27-22(19-32-26)17-25(30)28(2)18-20-7-11-23(12-8-20)29-15-5-4-6-16-29/h7-14,19H,3-6,15-18H2,1-2H3. The molecule has 1 saturated heterocycles. The van der Waals surface area contributed by atoms with Crippen LogP contribution in [0.25, 0.3) is 10.6 Å². The molecule has 32 heavy (non-hydrogen) atoms. The van der Waals surface area contributed by atoms with E-state index in [1.807, 2.05) is 43.6 Å². The summed E-state index contributed by atoms with van der Waals surface area (Å²) < 4.78 is 5.50. The maximum atomic E-state index is 12.8. The maximum Gasteiger partial charge on any atom is 0.228 e. The number of rotatable bonds is 8. The van der Waals surface area contributed by atoms with Gasteiger partial charge >= 0.3 is 0 Å². The fourth-order valence-corrected chi connectivity index (χ4v) is 4.82. The van der Waals surface area contributed by atoms with E-state index >= 15 is 0 Å². The van der Waals surface area contributed by atoms with Gasteiger partial charge in [0.1, 0.15) is 10.8 Å². The zero-order chi connectivity index (χ0) is 22.3. The minimum absolute atomic E-state index is 0.0775. The van der Waals surface area contributed by atoms with E-state index in [4.69, 9.17) is 4.74 Å². The fourth-order valence-electron chi connectivity index (χ4n) is 4.00. The molecule has 4 rings (SSSR count). The number of piperidine rings is 1. The molecule has 0 bridgehead atoms. The number of hydrogen-bond acceptors (Lipinski definition) is 5. The Labute approximate surface area is 194 Å². The van der Waals surface area contributed by atoms with Gasteiger partial charge in [0.2, 0.25) is 5.91 Å². The zero-order valence-electron chi connectivity index (χ0n) is 18.9. The lowest BCUT2D eigenvalue weighted by Crippen LogP contribution is -2.29. The molecule has 0 radical (unpaired) electrons. The molecular formula is C26H31N3O2S. The Bertz CT molecular complexity index is 1010. The van der Waals surface area contributed by atoms with Crippen LogP contribution in [0.5, 0.6) is 5.75 Å². The lowest BCUT2D eigenvalue weighted by Gasteiger charge is -2.29. The van der Waals surface area contributed by atoms with Crippen molar-refractivity contribution in [3.8, 4) is 16.3 Å². The van der Waals surface area contributed by atoms with Crippen LogP contribution in [-0.4, -0.2) is 42.5 Å². The van der Waals surface area contributed by atoms with E-state index in [-0.39, 0.29) is 5.91 Å². The van der Waals surface area contributed by atoms with Gasteiger partial charge in [-0.05, 0) is 68.1 Å². The molecule has 1 aliphatic rings. The molecule has 3 aromatic rings. The van der Waals surface area contributed by atoms with Crippen LogP contribution in [0.3, 0.4) is 0 Å². The summed E-state index contributed by atoms with van der Waals surface area (Å²) in [4.78, 5) is 21.7. The Hall–Kier alpha value is -2.86. The normalized spacial score (nSPS) is 13.8. The minimum Gasteiger partial charge on any atom is -0.494 e. The average molecular weight is 450 g/mol. The quantitative estimate of drug-likeness (QED) is 0.462. The minimum atomic E-state index is 0.0775. The summed E-state index contributed by atoms with van der Waals surface area (Å²) in [5.74, 6) is 0.933. The number of aromatic nitrogens is 1. The van der Waals surface area contributed by atoms with Gasteiger partial charge in [-0.3, -0.25) is 4.79 Å². The van der Waals surface area contributed by atoms with Crippen molar-refractivity contribution in [1.82, 2.24) is 9.88 Å². The Balaban J connectivity index is 1.31. The second-order valence-electron chi connectivity index (χ2n) is 8.24. The fraction of sp³-hybridized carbons (Fsp3) is 0.385. The molecule has 1 amide bonds. The highest BCUT2D eigenvalue weighted by atomic mass is 32.1. The van der Waals surface area contributed by atoms with Crippen LogP contribution < -0.4 is 9.64 Å². The van der Waals surface area contributed by atoms with Crippen molar-refractivity contribution in [2.75, 3.05) is 31.6 Å². The molecule has 1 aromatic heterocycles. The highest BCUT2D eigenvalue weighted by Gasteiger charge is 2.15. The molecule has 0 unspecified atom stereocenters. The number of carbonyl (C=O) groups is 1. The van der Waals surface area contributed by atoms with Gasteiger partial charge in [0, 0.05) is 43.3 Å². The van der Waals surface area contributed by atoms with E-state index in [1.165, 1.54) is 24.9 Å². The first-order chi connectivity index (χ1) is 15.6. The third-order valence-electron chi connectivity index (χ3n) is 5.80. The van der Waals surface area contributed by atoms with Crippen LogP contribution in [0.1, 0.15) is 37.4 Å². The Morgan fingerprint density at radius 1 is 1.06 bits per heavy atom. The topological polar surface area (TPSA) is 45.7 Å². The number of ether oxygens (including phenoxy) is 1. The molecule has 2 aromatic carbocycles. The molecule has 5 nitrogen and oxygen atoms in total. The Morgan fingerprint density at radius 2 is 1.78 bits per heavy atom. The molecule has 0 spiro atoms. The van der Waals surface area contributed by atoms with E-state index in [0.29, 0.717) is 19.6 Å². The highest BCUT2D eigenvalue weighted by molar-refractivity contribution is 7.13. The van der Waals surface area contributed by atoms with E-state index in [1.54, 1.807) is 16.2 Å². The van der Waals surface area contributed by atoms with Crippen molar-refractivity contribution < 1.29 is 9.53 Å². The molecule has 168 valence electrons. The van der Waals surface area contributed by atoms with Crippen molar-refractivity contribution in [3.63, 3.8) is 0 Å². The first-order valence-electron chi connectivity index (χ1n) is 11.4. The summed E-state index contributed by atoms with van der Waals surface area (Å²) in [6.07, 6.45) is 4.20. The third kappa shape index (κ3) is 5.68. The van der Waals surface area contributed by atoms with Gasteiger partial charge in [-0.25, -0.2) is 4.98 Å². The number of nitrogens with zero attached hydrogens (tertiary/aromatic N) is 3. The molecule has 2 heterocycles. The number of carbonyl (C=O) groups excluding carboxylic acids is 1. The molecule has 0 saturated carbocycles. The largest absolute Gasteiger partial charge is 0.494 e. The lowest BCUT2D eigenvalue weighted by molar-refractivity contribution is -0.129. The first kappa shape index (κ1) is 22.3. The van der Waals surface area contributed by atoms with E-state index in [0.717, 1.165) is 40.7 Å². The van der Waals surface area contributed by atoms with Crippen LogP contribution in [0, 0.1) is 0 Å². The van der Waals surface area contributed by atoms with Crippen molar-refractivity contribution in [2.24, 2.45) is 0 Å². The summed E-state index contributed by atoms with van der Waals surface area (Å²) in [6.45, 7) is 5.52. The predicted molar refractivity (Wildman–Crippen MR) is 131 cm³/mol. The van der Waals surface area contributed by atoms with Crippen LogP contribution in [0.15, 0.2) is 53.9 Å². The number of hydrogen-bond donors (Lipinski definition) is 0. The monoisotopic (exact) mass is 449 g/mol. The van der Waals surface area contributed by atoms with Gasteiger partial charge in [0.05, 0.1) is 18.7 Å². The number of benzene rings is 2. The van der Waals surface area contributed by atoms with Gasteiger partial charge < -0.3 is 14.5 Å². The molecule has 0 aliphatic carbocycles. The van der Waals surface area contributed by atoms with Crippen molar-refractivity contribution >= 4 is 22.9 Å². The molecule has 6 heteroatoms. The Kier molecular flexibility index (Phi) is 7.43. The average Bonchev–Trinajstić information content (AvgIpc) is 3.29. The third-order valence-corrected chi connectivity index (χ3v) is 6.74. The first-order valence-corrected chi connectivity index (χ1v) is 12.3. The van der Waals surface area contributed by atoms with Crippen molar-refractivity contribution in [1.29, 1.82) is 0 Å². The molecule has 0 atom stereocenters. The second kappa shape index (κ2) is 10.6. The van der Waals surface area contributed by atoms with Gasteiger partial charge in [0.25, 0.3) is 0 Å². The predicted octanol–water partition coefficient (Wildman–Crippen LogP) is 5.40. The van der Waals surface area contributed by atoms with Gasteiger partial charge in [0.15, 0.2) is 0 Å². The van der Waals surface area contributed by atoms with Crippen molar-refractivity contribution in [2.45, 2.75) is 39.2 Å². The van der Waals surface area contributed by atoms with E-state index < -0.39 is 0 Å². The van der Waals surface area contributed by atoms with Crippen LogP contribution in [0.4, 0.5) is 5.69 Å². The summed E-state index contributed by atoms with van der Waals surface area (Å²) in [5, 5.41) is 2.90. The number of thiazole rings is 1. The number of likely N-dealkylation sites (N-methyl/N-ethyl adjacent to an activating group) is 1. The number of anilines is 1. The molecular weight excluding hydrogens is 418 g/mol. The van der Waals surface area contributed by atoms with E-state index in [2.05, 4.69) is 34.1 Å². The van der Waals surface area contributed by atoms with Crippen LogP contribution >= 0.6 is 11.3 Å². The molecule has 1 aliphatic heterocycles. The summed E-state index contributed by atoms with van der Waals surface area (Å²) in [6, 6.07) is 16.6. The van der Waals surface area contributed by atoms with Crippen LogP contribution in [-0.2, 0) is 17.8 Å². The lowest BCUT2D eigenvalue weighted by atomic mass is 10.1. The summed E-state index contributed by atoms with van der Waals surface area (Å²) in [5.41, 5.74) is 4.29. The zero-order valence-corrected chi connectivity index (χ0v) is 19.7. The molecule has 0 N–H and O–H groups in total. The maximum absolute atomic E-state index is 12.8.